The molecule has 0 spiro atoms. The third kappa shape index (κ3) is 4.22. The Morgan fingerprint density at radius 3 is 2.04 bits per heavy atom. The molecule has 0 aromatic heterocycles. The SMILES string of the molecule is C1=C(c2ccc(Oc3ccccc3)cc2)CCN(Cc2ccccc2)C1. The van der Waals surface area contributed by atoms with Gasteiger partial charge in [0.2, 0.25) is 0 Å². The first-order valence-electron chi connectivity index (χ1n) is 9.15. The second-order valence-electron chi connectivity index (χ2n) is 6.64. The van der Waals surface area contributed by atoms with E-state index in [9.17, 15) is 0 Å². The van der Waals surface area contributed by atoms with E-state index in [2.05, 4.69) is 65.6 Å². The zero-order chi connectivity index (χ0) is 17.6. The lowest BCUT2D eigenvalue weighted by atomic mass is 9.99. The highest BCUT2D eigenvalue weighted by Gasteiger charge is 2.13. The van der Waals surface area contributed by atoms with Crippen LogP contribution < -0.4 is 4.74 Å². The lowest BCUT2D eigenvalue weighted by Gasteiger charge is -2.26. The summed E-state index contributed by atoms with van der Waals surface area (Å²) in [6.07, 6.45) is 3.45. The minimum absolute atomic E-state index is 0.869. The molecule has 1 heterocycles. The van der Waals surface area contributed by atoms with E-state index in [-0.39, 0.29) is 0 Å². The fraction of sp³-hybridized carbons (Fsp3) is 0.167. The molecular weight excluding hydrogens is 318 g/mol. The maximum Gasteiger partial charge on any atom is 0.127 e. The zero-order valence-corrected chi connectivity index (χ0v) is 14.8. The smallest absolute Gasteiger partial charge is 0.127 e. The maximum absolute atomic E-state index is 5.88. The van der Waals surface area contributed by atoms with Gasteiger partial charge in [0.25, 0.3) is 0 Å². The standard InChI is InChI=1S/C24H23NO/c1-3-7-20(8-4-1)19-25-17-15-22(16-18-25)21-11-13-24(14-12-21)26-23-9-5-2-6-10-23/h1-15H,16-19H2. The molecule has 2 heteroatoms. The van der Waals surface area contributed by atoms with Gasteiger partial charge in [-0.25, -0.2) is 0 Å². The highest BCUT2D eigenvalue weighted by atomic mass is 16.5. The molecule has 2 nitrogen and oxygen atoms in total. The quantitative estimate of drug-likeness (QED) is 0.584. The van der Waals surface area contributed by atoms with Gasteiger partial charge in [0.05, 0.1) is 0 Å². The molecule has 0 radical (unpaired) electrons. The van der Waals surface area contributed by atoms with Crippen LogP contribution in [0.15, 0.2) is 91.0 Å². The Kier molecular flexibility index (Phi) is 5.13. The Hall–Kier alpha value is -2.84. The normalized spacial score (nSPS) is 14.7. The Morgan fingerprint density at radius 2 is 1.38 bits per heavy atom. The van der Waals surface area contributed by atoms with Crippen LogP contribution in [0.3, 0.4) is 0 Å². The van der Waals surface area contributed by atoms with Crippen LogP contribution in [0.4, 0.5) is 0 Å². The van der Waals surface area contributed by atoms with Crippen molar-refractivity contribution < 1.29 is 4.74 Å². The molecule has 3 aromatic carbocycles. The second-order valence-corrected chi connectivity index (χ2v) is 6.64. The number of para-hydroxylation sites is 1. The van der Waals surface area contributed by atoms with Gasteiger partial charge in [-0.3, -0.25) is 4.90 Å². The summed E-state index contributed by atoms with van der Waals surface area (Å²) in [5, 5.41) is 0. The maximum atomic E-state index is 5.88. The van der Waals surface area contributed by atoms with Crippen molar-refractivity contribution >= 4 is 5.57 Å². The molecule has 0 saturated heterocycles. The first-order valence-corrected chi connectivity index (χ1v) is 9.15. The molecule has 4 rings (SSSR count). The summed E-state index contributed by atoms with van der Waals surface area (Å²) in [6, 6.07) is 29.0. The summed E-state index contributed by atoms with van der Waals surface area (Å²) in [5.41, 5.74) is 4.11. The molecule has 0 atom stereocenters. The van der Waals surface area contributed by atoms with E-state index in [1.807, 2.05) is 30.3 Å². The van der Waals surface area contributed by atoms with Crippen LogP contribution in [0.2, 0.25) is 0 Å². The van der Waals surface area contributed by atoms with E-state index in [0.29, 0.717) is 0 Å². The average molecular weight is 341 g/mol. The molecule has 0 aliphatic carbocycles. The van der Waals surface area contributed by atoms with Gasteiger partial charge in [-0.1, -0.05) is 66.7 Å². The van der Waals surface area contributed by atoms with Gasteiger partial charge in [-0.2, -0.15) is 0 Å². The fourth-order valence-electron chi connectivity index (χ4n) is 3.32. The molecule has 1 aliphatic rings. The summed E-state index contributed by atoms with van der Waals surface area (Å²) in [6.45, 7) is 3.13. The van der Waals surface area contributed by atoms with E-state index < -0.39 is 0 Å². The number of rotatable bonds is 5. The van der Waals surface area contributed by atoms with Crippen molar-refractivity contribution in [2.75, 3.05) is 13.1 Å². The van der Waals surface area contributed by atoms with E-state index in [1.165, 1.54) is 16.7 Å². The van der Waals surface area contributed by atoms with E-state index in [1.54, 1.807) is 0 Å². The van der Waals surface area contributed by atoms with Crippen LogP contribution in [-0.2, 0) is 6.54 Å². The summed E-state index contributed by atoms with van der Waals surface area (Å²) in [4.78, 5) is 2.49. The first-order chi connectivity index (χ1) is 12.9. The lowest BCUT2D eigenvalue weighted by molar-refractivity contribution is 0.294. The van der Waals surface area contributed by atoms with E-state index in [4.69, 9.17) is 4.74 Å². The Bertz CT molecular complexity index is 854. The van der Waals surface area contributed by atoms with Crippen LogP contribution in [0.25, 0.3) is 5.57 Å². The van der Waals surface area contributed by atoms with Crippen molar-refractivity contribution in [2.24, 2.45) is 0 Å². The number of ether oxygens (including phenoxy) is 1. The van der Waals surface area contributed by atoms with Gasteiger partial charge in [0.1, 0.15) is 11.5 Å². The largest absolute Gasteiger partial charge is 0.457 e. The Labute approximate surface area is 155 Å². The van der Waals surface area contributed by atoms with Crippen molar-refractivity contribution in [2.45, 2.75) is 13.0 Å². The zero-order valence-electron chi connectivity index (χ0n) is 14.8. The minimum Gasteiger partial charge on any atom is -0.457 e. The predicted molar refractivity (Wildman–Crippen MR) is 107 cm³/mol. The van der Waals surface area contributed by atoms with Crippen LogP contribution in [0.5, 0.6) is 11.5 Å². The van der Waals surface area contributed by atoms with Gasteiger partial charge < -0.3 is 4.74 Å². The monoisotopic (exact) mass is 341 g/mol. The number of nitrogens with zero attached hydrogens (tertiary/aromatic N) is 1. The van der Waals surface area contributed by atoms with Gasteiger partial charge in [-0.15, -0.1) is 0 Å². The highest BCUT2D eigenvalue weighted by molar-refractivity contribution is 5.67. The van der Waals surface area contributed by atoms with Crippen molar-refractivity contribution in [3.8, 4) is 11.5 Å². The third-order valence-corrected chi connectivity index (χ3v) is 4.75. The van der Waals surface area contributed by atoms with Gasteiger partial charge in [0, 0.05) is 19.6 Å². The van der Waals surface area contributed by atoms with E-state index >= 15 is 0 Å². The molecule has 0 N–H and O–H groups in total. The molecule has 0 saturated carbocycles. The Morgan fingerprint density at radius 1 is 0.731 bits per heavy atom. The summed E-state index contributed by atoms with van der Waals surface area (Å²) in [7, 11) is 0. The van der Waals surface area contributed by atoms with Crippen LogP contribution >= 0.6 is 0 Å². The summed E-state index contributed by atoms with van der Waals surface area (Å²) >= 11 is 0. The molecular formula is C24H23NO. The molecule has 3 aromatic rings. The fourth-order valence-corrected chi connectivity index (χ4v) is 3.32. The van der Waals surface area contributed by atoms with Crippen LogP contribution in [0.1, 0.15) is 17.5 Å². The summed E-state index contributed by atoms with van der Waals surface area (Å²) in [5.74, 6) is 1.75. The third-order valence-electron chi connectivity index (χ3n) is 4.75. The topological polar surface area (TPSA) is 12.5 Å². The van der Waals surface area contributed by atoms with E-state index in [0.717, 1.165) is 37.6 Å². The molecule has 0 bridgehead atoms. The predicted octanol–water partition coefficient (Wildman–Crippen LogP) is 5.77. The Balaban J connectivity index is 1.37. The van der Waals surface area contributed by atoms with Crippen LogP contribution in [-0.4, -0.2) is 18.0 Å². The number of hydrogen-bond donors (Lipinski definition) is 0. The number of hydrogen-bond acceptors (Lipinski definition) is 2. The lowest BCUT2D eigenvalue weighted by Crippen LogP contribution is -2.27. The van der Waals surface area contributed by atoms with Crippen molar-refractivity contribution in [3.05, 3.63) is 102 Å². The van der Waals surface area contributed by atoms with Gasteiger partial charge in [0.15, 0.2) is 0 Å². The molecule has 26 heavy (non-hydrogen) atoms. The van der Waals surface area contributed by atoms with Crippen molar-refractivity contribution in [3.63, 3.8) is 0 Å². The van der Waals surface area contributed by atoms with Crippen molar-refractivity contribution in [1.82, 2.24) is 4.90 Å². The summed E-state index contributed by atoms with van der Waals surface area (Å²) < 4.78 is 5.88. The van der Waals surface area contributed by atoms with Gasteiger partial charge in [-0.05, 0) is 47.4 Å². The first kappa shape index (κ1) is 16.6. The molecule has 0 unspecified atom stereocenters. The molecule has 130 valence electrons. The van der Waals surface area contributed by atoms with Crippen LogP contribution in [0, 0.1) is 0 Å². The molecule has 1 aliphatic heterocycles. The van der Waals surface area contributed by atoms with Crippen molar-refractivity contribution in [1.29, 1.82) is 0 Å². The molecule has 0 amide bonds. The highest BCUT2D eigenvalue weighted by Crippen LogP contribution is 2.27. The number of benzene rings is 3. The van der Waals surface area contributed by atoms with Gasteiger partial charge >= 0.3 is 0 Å². The molecule has 0 fully saturated rings. The average Bonchev–Trinajstić information content (AvgIpc) is 2.71. The minimum atomic E-state index is 0.869. The second kappa shape index (κ2) is 8.03.